The zero-order chi connectivity index (χ0) is 17.8. The average molecular weight is 359 g/mol. The molecule has 0 radical (unpaired) electrons. The van der Waals surface area contributed by atoms with Crippen LogP contribution in [0.2, 0.25) is 0 Å². The van der Waals surface area contributed by atoms with Crippen molar-refractivity contribution in [2.45, 2.75) is 38.5 Å². The Bertz CT molecular complexity index is 779. The molecule has 25 heavy (non-hydrogen) atoms. The number of carbonyl (C=O) groups is 2. The summed E-state index contributed by atoms with van der Waals surface area (Å²) in [6.07, 6.45) is 5.08. The predicted molar refractivity (Wildman–Crippen MR) is 97.9 cm³/mol. The highest BCUT2D eigenvalue weighted by Crippen LogP contribution is 2.37. The van der Waals surface area contributed by atoms with Crippen molar-refractivity contribution in [1.82, 2.24) is 0 Å². The third kappa shape index (κ3) is 4.02. The number of thiophene rings is 1. The Kier molecular flexibility index (Phi) is 5.38. The molecule has 6 heteroatoms. The lowest BCUT2D eigenvalue weighted by Crippen LogP contribution is -2.16. The number of carboxylic acids is 1. The highest BCUT2D eigenvalue weighted by Gasteiger charge is 2.25. The summed E-state index contributed by atoms with van der Waals surface area (Å²) in [5, 5.41) is 12.9. The number of methoxy groups -OCH3 is 1. The lowest BCUT2D eigenvalue weighted by Gasteiger charge is -2.06. The fourth-order valence-electron chi connectivity index (χ4n) is 3.16. The van der Waals surface area contributed by atoms with E-state index in [2.05, 4.69) is 5.32 Å². The van der Waals surface area contributed by atoms with Crippen molar-refractivity contribution in [3.8, 4) is 5.75 Å². The van der Waals surface area contributed by atoms with Crippen LogP contribution < -0.4 is 10.1 Å². The number of nitrogens with one attached hydrogen (secondary N) is 1. The predicted octanol–water partition coefficient (Wildman–Crippen LogP) is 3.91. The molecule has 0 fully saturated rings. The van der Waals surface area contributed by atoms with Crippen LogP contribution in [0.3, 0.4) is 0 Å². The van der Waals surface area contributed by atoms with Gasteiger partial charge in [-0.25, -0.2) is 4.79 Å². The Morgan fingerprint density at radius 2 is 1.88 bits per heavy atom. The average Bonchev–Trinajstić information content (AvgIpc) is 2.76. The van der Waals surface area contributed by atoms with Gasteiger partial charge < -0.3 is 15.2 Å². The topological polar surface area (TPSA) is 75.6 Å². The van der Waals surface area contributed by atoms with Gasteiger partial charge >= 0.3 is 5.97 Å². The molecule has 1 amide bonds. The van der Waals surface area contributed by atoms with Crippen LogP contribution in [0.25, 0.3) is 0 Å². The summed E-state index contributed by atoms with van der Waals surface area (Å²) < 4.78 is 5.10. The lowest BCUT2D eigenvalue weighted by molar-refractivity contribution is -0.115. The maximum absolute atomic E-state index is 12.4. The van der Waals surface area contributed by atoms with Crippen LogP contribution >= 0.6 is 11.3 Å². The van der Waals surface area contributed by atoms with Crippen molar-refractivity contribution >= 4 is 28.2 Å². The maximum Gasteiger partial charge on any atom is 0.339 e. The minimum absolute atomic E-state index is 0.200. The molecule has 0 saturated heterocycles. The molecule has 5 nitrogen and oxygen atoms in total. The second-order valence-corrected chi connectivity index (χ2v) is 7.25. The first-order chi connectivity index (χ1) is 12.1. The van der Waals surface area contributed by atoms with E-state index in [-0.39, 0.29) is 17.9 Å². The van der Waals surface area contributed by atoms with E-state index in [1.54, 1.807) is 19.2 Å². The quantitative estimate of drug-likeness (QED) is 0.794. The molecule has 0 spiro atoms. The number of fused-ring (bicyclic) bond motifs is 1. The van der Waals surface area contributed by atoms with Crippen molar-refractivity contribution in [2.24, 2.45) is 0 Å². The number of aromatic carboxylic acids is 1. The fourth-order valence-corrected chi connectivity index (χ4v) is 4.45. The summed E-state index contributed by atoms with van der Waals surface area (Å²) in [4.78, 5) is 25.2. The molecule has 1 aliphatic rings. The molecule has 1 aliphatic carbocycles. The minimum Gasteiger partial charge on any atom is -0.497 e. The third-order valence-electron chi connectivity index (χ3n) is 4.41. The van der Waals surface area contributed by atoms with Gasteiger partial charge in [0.25, 0.3) is 0 Å². The van der Waals surface area contributed by atoms with Gasteiger partial charge in [0.05, 0.1) is 19.1 Å². The third-order valence-corrected chi connectivity index (χ3v) is 5.62. The van der Waals surface area contributed by atoms with Crippen molar-refractivity contribution in [1.29, 1.82) is 0 Å². The molecule has 3 rings (SSSR count). The van der Waals surface area contributed by atoms with E-state index in [1.165, 1.54) is 11.3 Å². The Labute approximate surface area is 150 Å². The number of carboxylic acid groups (broad SMARTS) is 1. The van der Waals surface area contributed by atoms with Gasteiger partial charge in [0.1, 0.15) is 10.8 Å². The van der Waals surface area contributed by atoms with Crippen LogP contribution in [0.1, 0.15) is 45.6 Å². The molecule has 1 heterocycles. The first-order valence-electron chi connectivity index (χ1n) is 8.39. The zero-order valence-electron chi connectivity index (χ0n) is 14.1. The van der Waals surface area contributed by atoms with Crippen LogP contribution in [0.5, 0.6) is 5.75 Å². The van der Waals surface area contributed by atoms with Crippen LogP contribution in [-0.4, -0.2) is 24.1 Å². The molecule has 2 aromatic rings. The van der Waals surface area contributed by atoms with Gasteiger partial charge in [-0.05, 0) is 48.9 Å². The van der Waals surface area contributed by atoms with Gasteiger partial charge in [-0.1, -0.05) is 18.6 Å². The van der Waals surface area contributed by atoms with E-state index >= 15 is 0 Å². The number of anilines is 1. The Hall–Kier alpha value is -2.34. The summed E-state index contributed by atoms with van der Waals surface area (Å²) in [5.41, 5.74) is 2.05. The van der Waals surface area contributed by atoms with E-state index in [0.29, 0.717) is 5.00 Å². The van der Waals surface area contributed by atoms with Gasteiger partial charge in [-0.2, -0.15) is 0 Å². The fraction of sp³-hybridized carbons (Fsp3) is 0.368. The number of carbonyl (C=O) groups excluding carboxylic acids is 1. The summed E-state index contributed by atoms with van der Waals surface area (Å²) in [6, 6.07) is 7.28. The van der Waals surface area contributed by atoms with Crippen LogP contribution in [-0.2, 0) is 24.1 Å². The summed E-state index contributed by atoms with van der Waals surface area (Å²) >= 11 is 1.42. The van der Waals surface area contributed by atoms with E-state index in [0.717, 1.165) is 53.9 Å². The summed E-state index contributed by atoms with van der Waals surface area (Å²) in [7, 11) is 1.59. The standard InChI is InChI=1S/C19H21NO4S/c1-24-13-9-7-12(8-10-13)11-16(21)20-18-17(19(22)23)14-5-3-2-4-6-15(14)25-18/h7-10H,2-6,11H2,1H3,(H,20,21)(H,22,23). The van der Waals surface area contributed by atoms with Crippen LogP contribution in [0.15, 0.2) is 24.3 Å². The molecule has 0 aliphatic heterocycles. The molecule has 0 atom stereocenters. The minimum atomic E-state index is -0.959. The molecule has 1 aromatic carbocycles. The Balaban J connectivity index is 1.77. The van der Waals surface area contributed by atoms with Crippen molar-refractivity contribution in [3.63, 3.8) is 0 Å². The number of ether oxygens (including phenoxy) is 1. The van der Waals surface area contributed by atoms with E-state index < -0.39 is 5.97 Å². The molecule has 132 valence electrons. The SMILES string of the molecule is COc1ccc(CC(=O)Nc2sc3c(c2C(=O)O)CCCCC3)cc1. The molecule has 0 bridgehead atoms. The second kappa shape index (κ2) is 7.70. The van der Waals surface area contributed by atoms with E-state index in [9.17, 15) is 14.7 Å². The lowest BCUT2D eigenvalue weighted by atomic mass is 10.1. The van der Waals surface area contributed by atoms with Gasteiger partial charge in [0, 0.05) is 4.88 Å². The Morgan fingerprint density at radius 3 is 2.56 bits per heavy atom. The highest BCUT2D eigenvalue weighted by molar-refractivity contribution is 7.17. The number of hydrogen-bond acceptors (Lipinski definition) is 4. The zero-order valence-corrected chi connectivity index (χ0v) is 14.9. The first-order valence-corrected chi connectivity index (χ1v) is 9.20. The Morgan fingerprint density at radius 1 is 1.16 bits per heavy atom. The number of amides is 1. The van der Waals surface area contributed by atoms with Gasteiger partial charge in [0.2, 0.25) is 5.91 Å². The van der Waals surface area contributed by atoms with Crippen molar-refractivity contribution in [2.75, 3.05) is 12.4 Å². The normalized spacial score (nSPS) is 13.6. The maximum atomic E-state index is 12.4. The van der Waals surface area contributed by atoms with E-state index in [4.69, 9.17) is 4.74 Å². The van der Waals surface area contributed by atoms with Crippen LogP contribution in [0, 0.1) is 0 Å². The molecular formula is C19H21NO4S. The number of rotatable bonds is 5. The highest BCUT2D eigenvalue weighted by atomic mass is 32.1. The molecule has 0 unspecified atom stereocenters. The molecular weight excluding hydrogens is 338 g/mol. The number of hydrogen-bond donors (Lipinski definition) is 2. The van der Waals surface area contributed by atoms with Crippen molar-refractivity contribution < 1.29 is 19.4 Å². The van der Waals surface area contributed by atoms with Crippen LogP contribution in [0.4, 0.5) is 5.00 Å². The largest absolute Gasteiger partial charge is 0.497 e. The monoisotopic (exact) mass is 359 g/mol. The first kappa shape index (κ1) is 17.5. The van der Waals surface area contributed by atoms with E-state index in [1.807, 2.05) is 12.1 Å². The summed E-state index contributed by atoms with van der Waals surface area (Å²) in [6.45, 7) is 0. The second-order valence-electron chi connectivity index (χ2n) is 6.15. The number of aryl methyl sites for hydroxylation is 1. The number of benzene rings is 1. The molecule has 1 aromatic heterocycles. The van der Waals surface area contributed by atoms with Gasteiger partial charge in [-0.15, -0.1) is 11.3 Å². The van der Waals surface area contributed by atoms with Crippen molar-refractivity contribution in [3.05, 3.63) is 45.8 Å². The molecule has 0 saturated carbocycles. The van der Waals surface area contributed by atoms with Gasteiger partial charge in [0.15, 0.2) is 0 Å². The summed E-state index contributed by atoms with van der Waals surface area (Å²) in [5.74, 6) is -0.428. The van der Waals surface area contributed by atoms with Gasteiger partial charge in [-0.3, -0.25) is 4.79 Å². The smallest absolute Gasteiger partial charge is 0.339 e. The molecule has 2 N–H and O–H groups in total.